The van der Waals surface area contributed by atoms with E-state index in [4.69, 9.17) is 4.74 Å². The molecule has 5 atom stereocenters. The van der Waals surface area contributed by atoms with Gasteiger partial charge in [0.25, 0.3) is 5.91 Å². The fourth-order valence-corrected chi connectivity index (χ4v) is 6.78. The van der Waals surface area contributed by atoms with Crippen LogP contribution in [0.15, 0.2) is 6.20 Å². The van der Waals surface area contributed by atoms with E-state index in [1.54, 1.807) is 10.9 Å². The minimum Gasteiger partial charge on any atom is -0.477 e. The van der Waals surface area contributed by atoms with Gasteiger partial charge in [-0.25, -0.2) is 4.68 Å². The number of ether oxygens (including phenoxy) is 1. The van der Waals surface area contributed by atoms with Crippen LogP contribution in [0.4, 0.5) is 0 Å². The van der Waals surface area contributed by atoms with Gasteiger partial charge in [-0.15, -0.1) is 0 Å². The van der Waals surface area contributed by atoms with Crippen molar-refractivity contribution in [3.63, 3.8) is 0 Å². The van der Waals surface area contributed by atoms with Gasteiger partial charge in [-0.2, -0.15) is 5.10 Å². The van der Waals surface area contributed by atoms with Crippen molar-refractivity contribution in [3.8, 4) is 5.88 Å². The highest BCUT2D eigenvalue weighted by Crippen LogP contribution is 2.62. The Kier molecular flexibility index (Phi) is 4.65. The van der Waals surface area contributed by atoms with Crippen molar-refractivity contribution in [3.05, 3.63) is 11.8 Å². The van der Waals surface area contributed by atoms with E-state index in [0.717, 1.165) is 25.2 Å². The Hall–Kier alpha value is -1.56. The number of nitrogens with zero attached hydrogens (tertiary/aromatic N) is 2. The van der Waals surface area contributed by atoms with Crippen LogP contribution in [0.1, 0.15) is 68.1 Å². The smallest absolute Gasteiger partial charge is 0.258 e. The van der Waals surface area contributed by atoms with Crippen molar-refractivity contribution in [2.75, 3.05) is 13.2 Å². The number of carbonyl (C=O) groups excluding carboxylic acids is 1. The lowest BCUT2D eigenvalue weighted by molar-refractivity contribution is -0.0599. The molecule has 0 radical (unpaired) electrons. The zero-order chi connectivity index (χ0) is 19.3. The summed E-state index contributed by atoms with van der Waals surface area (Å²) < 4.78 is 7.69. The van der Waals surface area contributed by atoms with Crippen LogP contribution in [-0.2, 0) is 7.05 Å². The van der Waals surface area contributed by atoms with Gasteiger partial charge >= 0.3 is 0 Å². The maximum Gasteiger partial charge on any atom is 0.258 e. The highest BCUT2D eigenvalue weighted by atomic mass is 16.5. The Labute approximate surface area is 167 Å². The van der Waals surface area contributed by atoms with Crippen molar-refractivity contribution >= 4 is 5.91 Å². The van der Waals surface area contributed by atoms with E-state index >= 15 is 0 Å². The predicted octanol–water partition coefficient (Wildman–Crippen LogP) is 2.91. The number of nitrogens with one attached hydrogen (secondary N) is 1. The van der Waals surface area contributed by atoms with Gasteiger partial charge in [-0.3, -0.25) is 4.79 Å². The molecule has 154 valence electrons. The monoisotopic (exact) mass is 387 g/mol. The lowest BCUT2D eigenvalue weighted by Gasteiger charge is -2.40. The van der Waals surface area contributed by atoms with Gasteiger partial charge in [0.2, 0.25) is 5.88 Å². The van der Waals surface area contributed by atoms with Crippen LogP contribution in [-0.4, -0.2) is 39.5 Å². The van der Waals surface area contributed by atoms with Gasteiger partial charge in [0.15, 0.2) is 0 Å². The summed E-state index contributed by atoms with van der Waals surface area (Å²) in [5.74, 6) is 3.13. The third-order valence-electron chi connectivity index (χ3n) is 8.19. The molecule has 5 aliphatic rings. The van der Waals surface area contributed by atoms with E-state index in [1.165, 1.54) is 38.5 Å². The lowest BCUT2D eigenvalue weighted by atomic mass is 9.72. The number of amides is 1. The van der Waals surface area contributed by atoms with Crippen molar-refractivity contribution < 1.29 is 14.6 Å². The van der Waals surface area contributed by atoms with E-state index in [9.17, 15) is 9.90 Å². The van der Waals surface area contributed by atoms with Crippen LogP contribution in [0.2, 0.25) is 0 Å². The van der Waals surface area contributed by atoms with Crippen molar-refractivity contribution in [1.82, 2.24) is 15.1 Å². The Morgan fingerprint density at radius 1 is 1.29 bits per heavy atom. The Balaban J connectivity index is 1.22. The van der Waals surface area contributed by atoms with Gasteiger partial charge in [-0.05, 0) is 68.1 Å². The minimum atomic E-state index is -0.724. The molecule has 0 spiro atoms. The van der Waals surface area contributed by atoms with Crippen LogP contribution < -0.4 is 10.1 Å². The first-order valence-corrected chi connectivity index (χ1v) is 11.2. The first-order chi connectivity index (χ1) is 13.5. The molecule has 5 unspecified atom stereocenters. The number of carbonyl (C=O) groups is 1. The van der Waals surface area contributed by atoms with Crippen LogP contribution in [0.5, 0.6) is 5.88 Å². The number of aliphatic hydroxyl groups is 1. The molecule has 4 bridgehead atoms. The number of aryl methyl sites for hydroxylation is 1. The van der Waals surface area contributed by atoms with Crippen molar-refractivity contribution in [1.29, 1.82) is 0 Å². The molecule has 1 heterocycles. The summed E-state index contributed by atoms with van der Waals surface area (Å²) in [6, 6.07) is 0. The second kappa shape index (κ2) is 7.05. The summed E-state index contributed by atoms with van der Waals surface area (Å²) in [6.45, 7) is 0.998. The third kappa shape index (κ3) is 3.04. The fraction of sp³-hybridized carbons (Fsp3) is 0.818. The second-order valence-electron chi connectivity index (χ2n) is 9.85. The Morgan fingerprint density at radius 2 is 2.11 bits per heavy atom. The number of hydrogen-bond donors (Lipinski definition) is 2. The number of rotatable bonds is 6. The Bertz CT molecular complexity index is 737. The topological polar surface area (TPSA) is 76.4 Å². The molecule has 6 nitrogen and oxygen atoms in total. The van der Waals surface area contributed by atoms with E-state index in [1.807, 2.05) is 7.05 Å². The second-order valence-corrected chi connectivity index (χ2v) is 9.85. The molecular formula is C22H33N3O3. The number of aromatic nitrogens is 2. The molecule has 0 saturated heterocycles. The SMILES string of the molecule is Cn1ncc(C(=O)NCC2(O)C3CC4CC(C3)C2C4)c1OCC1CCCCC1. The molecule has 1 aromatic rings. The van der Waals surface area contributed by atoms with Gasteiger partial charge in [-0.1, -0.05) is 19.3 Å². The molecule has 0 aromatic carbocycles. The molecule has 5 aliphatic carbocycles. The summed E-state index contributed by atoms with van der Waals surface area (Å²) in [6.07, 6.45) is 12.5. The molecule has 5 saturated carbocycles. The summed E-state index contributed by atoms with van der Waals surface area (Å²) in [5.41, 5.74) is -0.243. The van der Waals surface area contributed by atoms with E-state index in [-0.39, 0.29) is 5.91 Å². The average molecular weight is 388 g/mol. The maximum absolute atomic E-state index is 12.9. The van der Waals surface area contributed by atoms with Gasteiger partial charge in [0, 0.05) is 13.6 Å². The quantitative estimate of drug-likeness (QED) is 0.787. The largest absolute Gasteiger partial charge is 0.477 e. The molecular weight excluding hydrogens is 354 g/mol. The minimum absolute atomic E-state index is 0.183. The normalized spacial score (nSPS) is 36.8. The molecule has 28 heavy (non-hydrogen) atoms. The highest BCUT2D eigenvalue weighted by Gasteiger charge is 2.61. The highest BCUT2D eigenvalue weighted by molar-refractivity contribution is 5.96. The number of hydrogen-bond acceptors (Lipinski definition) is 4. The van der Waals surface area contributed by atoms with Crippen LogP contribution in [0.3, 0.4) is 0 Å². The van der Waals surface area contributed by atoms with Crippen LogP contribution in [0.25, 0.3) is 0 Å². The average Bonchev–Trinajstić information content (AvgIpc) is 3.28. The van der Waals surface area contributed by atoms with Gasteiger partial charge in [0.1, 0.15) is 5.56 Å². The lowest BCUT2D eigenvalue weighted by Crippen LogP contribution is -2.52. The first-order valence-electron chi connectivity index (χ1n) is 11.2. The van der Waals surface area contributed by atoms with E-state index < -0.39 is 5.60 Å². The summed E-state index contributed by atoms with van der Waals surface area (Å²) in [7, 11) is 1.81. The van der Waals surface area contributed by atoms with Gasteiger partial charge in [0.05, 0.1) is 18.4 Å². The predicted molar refractivity (Wildman–Crippen MR) is 105 cm³/mol. The Morgan fingerprint density at radius 3 is 2.89 bits per heavy atom. The maximum atomic E-state index is 12.9. The van der Waals surface area contributed by atoms with E-state index in [0.29, 0.717) is 48.3 Å². The summed E-state index contributed by atoms with van der Waals surface area (Å²) in [4.78, 5) is 12.9. The van der Waals surface area contributed by atoms with Crippen molar-refractivity contribution in [2.45, 2.75) is 63.4 Å². The molecule has 1 amide bonds. The van der Waals surface area contributed by atoms with E-state index in [2.05, 4.69) is 10.4 Å². The fourth-order valence-electron chi connectivity index (χ4n) is 6.78. The molecule has 6 heteroatoms. The van der Waals surface area contributed by atoms with Gasteiger partial charge < -0.3 is 15.2 Å². The molecule has 0 aliphatic heterocycles. The van der Waals surface area contributed by atoms with Crippen LogP contribution in [0, 0.1) is 29.6 Å². The zero-order valence-corrected chi connectivity index (χ0v) is 16.9. The van der Waals surface area contributed by atoms with Crippen molar-refractivity contribution in [2.24, 2.45) is 36.6 Å². The third-order valence-corrected chi connectivity index (χ3v) is 8.19. The van der Waals surface area contributed by atoms with Crippen LogP contribution >= 0.6 is 0 Å². The first kappa shape index (κ1) is 18.5. The molecule has 1 aromatic heterocycles. The molecule has 5 fully saturated rings. The summed E-state index contributed by atoms with van der Waals surface area (Å²) in [5, 5.41) is 18.6. The zero-order valence-electron chi connectivity index (χ0n) is 16.9. The summed E-state index contributed by atoms with van der Waals surface area (Å²) >= 11 is 0. The molecule has 2 N–H and O–H groups in total. The standard InChI is InChI=1S/C22H33N3O3/c1-25-21(28-12-14-5-3-2-4-6-14)18(11-24-25)20(26)23-13-22(27)17-8-15-7-16(10-17)19(22)9-15/h11,14-17,19,27H,2-10,12-13H2,1H3,(H,23,26). The molecule has 6 rings (SSSR count).